The van der Waals surface area contributed by atoms with Crippen LogP contribution in [-0.4, -0.2) is 30.1 Å². The highest BCUT2D eigenvalue weighted by atomic mass is 79.9. The highest BCUT2D eigenvalue weighted by molar-refractivity contribution is 9.10. The molecule has 0 aliphatic carbocycles. The molecule has 7 heteroatoms. The molecule has 116 valence electrons. The maximum atomic E-state index is 12.5. The van der Waals surface area contributed by atoms with E-state index in [0.29, 0.717) is 5.69 Å². The van der Waals surface area contributed by atoms with Gasteiger partial charge in [-0.1, -0.05) is 22.9 Å². The topological polar surface area (TPSA) is 78.8 Å². The monoisotopic (exact) mass is 365 g/mol. The SMILES string of the molecule is CC[C@@H](C)N=CC1C(=O)NC(=O)N(c2ccc(Br)cc2)C1=O. The zero-order valence-electron chi connectivity index (χ0n) is 12.2. The molecule has 4 amide bonds. The van der Waals surface area contributed by atoms with Crippen molar-refractivity contribution < 1.29 is 14.4 Å². The first-order valence-corrected chi connectivity index (χ1v) is 7.71. The van der Waals surface area contributed by atoms with Gasteiger partial charge in [-0.25, -0.2) is 9.69 Å². The first kappa shape index (κ1) is 16.4. The molecule has 0 bridgehead atoms. The third-order valence-electron chi connectivity index (χ3n) is 3.37. The van der Waals surface area contributed by atoms with Crippen LogP contribution < -0.4 is 10.2 Å². The lowest BCUT2D eigenvalue weighted by Crippen LogP contribution is -2.58. The predicted octanol–water partition coefficient (Wildman–Crippen LogP) is 2.52. The second-order valence-electron chi connectivity index (χ2n) is 4.98. The van der Waals surface area contributed by atoms with Gasteiger partial charge in [0.05, 0.1) is 5.69 Å². The van der Waals surface area contributed by atoms with E-state index in [9.17, 15) is 14.4 Å². The van der Waals surface area contributed by atoms with E-state index in [1.165, 1.54) is 6.21 Å². The number of nitrogens with zero attached hydrogens (tertiary/aromatic N) is 2. The Morgan fingerprint density at radius 1 is 1.32 bits per heavy atom. The molecule has 2 rings (SSSR count). The molecule has 0 saturated carbocycles. The summed E-state index contributed by atoms with van der Waals surface area (Å²) >= 11 is 3.29. The van der Waals surface area contributed by atoms with Gasteiger partial charge in [-0.05, 0) is 37.6 Å². The van der Waals surface area contributed by atoms with Crippen molar-refractivity contribution >= 4 is 45.7 Å². The number of halogens is 1. The highest BCUT2D eigenvalue weighted by Gasteiger charge is 2.40. The van der Waals surface area contributed by atoms with Gasteiger partial charge in [-0.3, -0.25) is 19.9 Å². The van der Waals surface area contributed by atoms with Crippen molar-refractivity contribution in [3.63, 3.8) is 0 Å². The summed E-state index contributed by atoms with van der Waals surface area (Å²) in [5, 5.41) is 2.19. The van der Waals surface area contributed by atoms with Gasteiger partial charge in [0.1, 0.15) is 0 Å². The maximum Gasteiger partial charge on any atom is 0.335 e. The van der Waals surface area contributed by atoms with Gasteiger partial charge < -0.3 is 0 Å². The van der Waals surface area contributed by atoms with Crippen molar-refractivity contribution in [2.45, 2.75) is 26.3 Å². The van der Waals surface area contributed by atoms with Gasteiger partial charge >= 0.3 is 6.03 Å². The molecule has 1 N–H and O–H groups in total. The Morgan fingerprint density at radius 2 is 1.95 bits per heavy atom. The number of hydrogen-bond donors (Lipinski definition) is 1. The van der Waals surface area contributed by atoms with Crippen LogP contribution >= 0.6 is 15.9 Å². The van der Waals surface area contributed by atoms with Crippen LogP contribution in [0.2, 0.25) is 0 Å². The Kier molecular flexibility index (Phi) is 5.07. The fourth-order valence-corrected chi connectivity index (χ4v) is 2.16. The average Bonchev–Trinajstić information content (AvgIpc) is 2.48. The van der Waals surface area contributed by atoms with Gasteiger partial charge in [0.15, 0.2) is 5.92 Å². The smallest absolute Gasteiger partial charge is 0.293 e. The maximum absolute atomic E-state index is 12.5. The highest BCUT2D eigenvalue weighted by Crippen LogP contribution is 2.22. The summed E-state index contributed by atoms with van der Waals surface area (Å²) in [4.78, 5) is 41.4. The standard InChI is InChI=1S/C15H16BrN3O3/c1-3-9(2)17-8-12-13(20)18-15(22)19(14(12)21)11-6-4-10(16)5-7-11/h4-9,12H,3H2,1-2H3,(H,18,20,22)/t9-,12?/m1/s1. The molecule has 22 heavy (non-hydrogen) atoms. The lowest BCUT2D eigenvalue weighted by atomic mass is 10.1. The van der Waals surface area contributed by atoms with Crippen molar-refractivity contribution in [2.24, 2.45) is 10.9 Å². The second-order valence-corrected chi connectivity index (χ2v) is 5.89. The van der Waals surface area contributed by atoms with Gasteiger partial charge in [0.2, 0.25) is 5.91 Å². The minimum Gasteiger partial charge on any atom is -0.293 e. The third-order valence-corrected chi connectivity index (χ3v) is 3.90. The number of amides is 4. The van der Waals surface area contributed by atoms with Gasteiger partial charge in [-0.2, -0.15) is 0 Å². The number of anilines is 1. The lowest BCUT2D eigenvalue weighted by Gasteiger charge is -2.28. The minimum absolute atomic E-state index is 0.0133. The molecule has 1 heterocycles. The Morgan fingerprint density at radius 3 is 2.55 bits per heavy atom. The van der Waals surface area contributed by atoms with E-state index in [4.69, 9.17) is 0 Å². The molecule has 6 nitrogen and oxygen atoms in total. The molecular weight excluding hydrogens is 350 g/mol. The van der Waals surface area contributed by atoms with E-state index in [1.54, 1.807) is 24.3 Å². The van der Waals surface area contributed by atoms with Crippen LogP contribution in [0.1, 0.15) is 20.3 Å². The van der Waals surface area contributed by atoms with Crippen molar-refractivity contribution in [1.29, 1.82) is 0 Å². The number of urea groups is 1. The second kappa shape index (κ2) is 6.83. The van der Waals surface area contributed by atoms with Crippen LogP contribution in [0.3, 0.4) is 0 Å². The largest absolute Gasteiger partial charge is 0.335 e. The molecule has 1 saturated heterocycles. The van der Waals surface area contributed by atoms with Crippen LogP contribution in [0.4, 0.5) is 10.5 Å². The number of rotatable bonds is 4. The Hall–Kier alpha value is -2.02. The number of aliphatic imine (C=N–C) groups is 1. The predicted molar refractivity (Wildman–Crippen MR) is 86.9 cm³/mol. The molecule has 1 aromatic rings. The summed E-state index contributed by atoms with van der Waals surface area (Å²) in [6, 6.07) is 5.95. The van der Waals surface area contributed by atoms with E-state index < -0.39 is 23.8 Å². The normalized spacial score (nSPS) is 20.4. The summed E-state index contributed by atoms with van der Waals surface area (Å²) < 4.78 is 0.826. The average molecular weight is 366 g/mol. The zero-order chi connectivity index (χ0) is 16.3. The molecule has 2 atom stereocenters. The number of benzene rings is 1. The summed E-state index contributed by atoms with van der Waals surface area (Å²) in [6.45, 7) is 3.85. The molecule has 1 aliphatic rings. The van der Waals surface area contributed by atoms with E-state index >= 15 is 0 Å². The van der Waals surface area contributed by atoms with E-state index in [2.05, 4.69) is 26.2 Å². The molecule has 1 aromatic carbocycles. The molecule has 0 radical (unpaired) electrons. The number of carbonyl (C=O) groups excluding carboxylic acids is 3. The van der Waals surface area contributed by atoms with Crippen LogP contribution in [-0.2, 0) is 9.59 Å². The molecule has 1 aliphatic heterocycles. The zero-order valence-corrected chi connectivity index (χ0v) is 13.8. The minimum atomic E-state index is -1.09. The fraction of sp³-hybridized carbons (Fsp3) is 0.333. The lowest BCUT2D eigenvalue weighted by molar-refractivity contribution is -0.131. The van der Waals surface area contributed by atoms with Gasteiger partial charge in [0.25, 0.3) is 5.91 Å². The van der Waals surface area contributed by atoms with Crippen molar-refractivity contribution in [3.8, 4) is 0 Å². The van der Waals surface area contributed by atoms with E-state index in [0.717, 1.165) is 15.8 Å². The summed E-state index contributed by atoms with van der Waals surface area (Å²) in [5.74, 6) is -2.33. The van der Waals surface area contributed by atoms with Crippen LogP contribution in [0.15, 0.2) is 33.7 Å². The van der Waals surface area contributed by atoms with Gasteiger partial charge in [0, 0.05) is 16.7 Å². The quantitative estimate of drug-likeness (QED) is 0.657. The summed E-state index contributed by atoms with van der Waals surface area (Å²) in [5.41, 5.74) is 0.403. The fourth-order valence-electron chi connectivity index (χ4n) is 1.89. The Labute approximate surface area is 136 Å². The van der Waals surface area contributed by atoms with Crippen LogP contribution in [0.25, 0.3) is 0 Å². The van der Waals surface area contributed by atoms with Crippen LogP contribution in [0.5, 0.6) is 0 Å². The van der Waals surface area contributed by atoms with Crippen molar-refractivity contribution in [1.82, 2.24) is 5.32 Å². The number of barbiturate groups is 1. The number of carbonyl (C=O) groups is 3. The molecule has 1 fully saturated rings. The Balaban J connectivity index is 2.29. The first-order valence-electron chi connectivity index (χ1n) is 6.91. The van der Waals surface area contributed by atoms with Crippen molar-refractivity contribution in [2.75, 3.05) is 4.90 Å². The van der Waals surface area contributed by atoms with Crippen molar-refractivity contribution in [3.05, 3.63) is 28.7 Å². The molecular formula is C15H16BrN3O3. The molecule has 0 spiro atoms. The summed E-state index contributed by atoms with van der Waals surface area (Å²) in [7, 11) is 0. The first-order chi connectivity index (χ1) is 10.4. The molecule has 0 aromatic heterocycles. The number of nitrogens with one attached hydrogen (secondary N) is 1. The number of hydrogen-bond acceptors (Lipinski definition) is 4. The number of imide groups is 2. The van der Waals surface area contributed by atoms with E-state index in [-0.39, 0.29) is 6.04 Å². The molecule has 1 unspecified atom stereocenters. The van der Waals surface area contributed by atoms with Gasteiger partial charge in [-0.15, -0.1) is 0 Å². The Bertz CT molecular complexity index is 627. The third kappa shape index (κ3) is 3.41. The summed E-state index contributed by atoms with van der Waals surface area (Å²) in [6.07, 6.45) is 2.12. The van der Waals surface area contributed by atoms with Crippen LogP contribution in [0, 0.1) is 5.92 Å². The van der Waals surface area contributed by atoms with E-state index in [1.807, 2.05) is 13.8 Å².